The van der Waals surface area contributed by atoms with Crippen molar-refractivity contribution in [3.05, 3.63) is 0 Å². The third-order valence-corrected chi connectivity index (χ3v) is 2.01. The molecule has 1 atom stereocenters. The van der Waals surface area contributed by atoms with Gasteiger partial charge in [0.1, 0.15) is 5.60 Å². The van der Waals surface area contributed by atoms with E-state index in [4.69, 9.17) is 10.2 Å². The summed E-state index contributed by atoms with van der Waals surface area (Å²) in [7, 11) is 0. The quantitative estimate of drug-likeness (QED) is 0.539. The fourth-order valence-corrected chi connectivity index (χ4v) is 0.972. The van der Waals surface area contributed by atoms with Gasteiger partial charge in [-0.1, -0.05) is 20.3 Å². The van der Waals surface area contributed by atoms with Crippen LogP contribution in [0.25, 0.3) is 0 Å². The van der Waals surface area contributed by atoms with Crippen LogP contribution in [-0.4, -0.2) is 34.1 Å². The lowest BCUT2D eigenvalue weighted by molar-refractivity contribution is -0.0690. The number of aliphatic hydroxyl groups excluding tert-OH is 2. The second kappa shape index (κ2) is 4.70. The summed E-state index contributed by atoms with van der Waals surface area (Å²) in [6.45, 7) is 3.26. The first-order valence-corrected chi connectivity index (χ1v) is 4.02. The average molecular weight is 162 g/mol. The fraction of sp³-hybridized carbons (Fsp3) is 1.00. The minimum absolute atomic E-state index is 0.333. The predicted molar refractivity (Wildman–Crippen MR) is 43.2 cm³/mol. The first kappa shape index (κ1) is 10.9. The predicted octanol–water partition coefficient (Wildman–Crippen LogP) is 0.138. The summed E-state index contributed by atoms with van der Waals surface area (Å²) in [4.78, 5) is 0. The van der Waals surface area contributed by atoms with Gasteiger partial charge >= 0.3 is 0 Å². The van der Waals surface area contributed by atoms with Crippen LogP contribution in [-0.2, 0) is 0 Å². The Kier molecular flexibility index (Phi) is 4.65. The molecule has 0 aliphatic carbocycles. The van der Waals surface area contributed by atoms with Crippen LogP contribution in [0.5, 0.6) is 0 Å². The van der Waals surface area contributed by atoms with Gasteiger partial charge in [0, 0.05) is 0 Å². The van der Waals surface area contributed by atoms with Gasteiger partial charge in [0.15, 0.2) is 0 Å². The summed E-state index contributed by atoms with van der Waals surface area (Å²) < 4.78 is 0. The monoisotopic (exact) mass is 162 g/mol. The molecule has 0 saturated heterocycles. The van der Waals surface area contributed by atoms with Crippen LogP contribution >= 0.6 is 0 Å². The highest BCUT2D eigenvalue weighted by Gasteiger charge is 2.26. The Hall–Kier alpha value is -0.120. The molecule has 0 bridgehead atoms. The molecule has 0 aliphatic rings. The van der Waals surface area contributed by atoms with Crippen LogP contribution in [0.2, 0.25) is 0 Å². The fourth-order valence-electron chi connectivity index (χ4n) is 0.972. The Morgan fingerprint density at radius 3 is 2.00 bits per heavy atom. The molecule has 3 N–H and O–H groups in total. The van der Waals surface area contributed by atoms with Crippen molar-refractivity contribution < 1.29 is 15.3 Å². The van der Waals surface area contributed by atoms with E-state index in [9.17, 15) is 5.11 Å². The molecule has 0 fully saturated rings. The lowest BCUT2D eigenvalue weighted by atomic mass is 9.91. The molecule has 0 rings (SSSR count). The summed E-state index contributed by atoms with van der Waals surface area (Å²) in [5, 5.41) is 26.9. The van der Waals surface area contributed by atoms with Crippen molar-refractivity contribution in [3.63, 3.8) is 0 Å². The Morgan fingerprint density at radius 1 is 1.27 bits per heavy atom. The van der Waals surface area contributed by atoms with E-state index >= 15 is 0 Å². The second-order valence-corrected chi connectivity index (χ2v) is 3.26. The number of rotatable bonds is 5. The normalized spacial score (nSPS) is 15.0. The zero-order valence-electron chi connectivity index (χ0n) is 7.25. The van der Waals surface area contributed by atoms with Crippen molar-refractivity contribution >= 4 is 0 Å². The number of aliphatic hydroxyl groups is 3. The second-order valence-electron chi connectivity index (χ2n) is 3.26. The SMILES string of the molecule is CC[C@H](C)CC(O)(CO)CO. The zero-order chi connectivity index (χ0) is 8.91. The first-order valence-electron chi connectivity index (χ1n) is 4.02. The van der Waals surface area contributed by atoms with Gasteiger partial charge in [0.25, 0.3) is 0 Å². The maximum absolute atomic E-state index is 9.43. The Bertz CT molecular complexity index is 99.5. The van der Waals surface area contributed by atoms with Crippen molar-refractivity contribution in [2.24, 2.45) is 5.92 Å². The molecule has 0 aromatic carbocycles. The largest absolute Gasteiger partial charge is 0.393 e. The van der Waals surface area contributed by atoms with Crippen LogP contribution in [0.15, 0.2) is 0 Å². The molecule has 0 amide bonds. The minimum Gasteiger partial charge on any atom is -0.393 e. The summed E-state index contributed by atoms with van der Waals surface area (Å²) in [6.07, 6.45) is 1.40. The van der Waals surface area contributed by atoms with Gasteiger partial charge in [-0.15, -0.1) is 0 Å². The number of hydrogen-bond acceptors (Lipinski definition) is 3. The standard InChI is InChI=1S/C8H18O3/c1-3-7(2)4-8(11,5-9)6-10/h7,9-11H,3-6H2,1-2H3/t7-/m0/s1. The van der Waals surface area contributed by atoms with E-state index in [0.717, 1.165) is 6.42 Å². The molecule has 3 heteroatoms. The number of hydrogen-bond donors (Lipinski definition) is 3. The Balaban J connectivity index is 3.86. The maximum Gasteiger partial charge on any atom is 0.111 e. The van der Waals surface area contributed by atoms with E-state index in [2.05, 4.69) is 0 Å². The van der Waals surface area contributed by atoms with Crippen LogP contribution in [0.3, 0.4) is 0 Å². The van der Waals surface area contributed by atoms with E-state index in [1.807, 2.05) is 13.8 Å². The van der Waals surface area contributed by atoms with Crippen LogP contribution in [0, 0.1) is 5.92 Å². The molecule has 0 radical (unpaired) electrons. The van der Waals surface area contributed by atoms with Crippen molar-refractivity contribution in [2.45, 2.75) is 32.3 Å². The smallest absolute Gasteiger partial charge is 0.111 e. The molecule has 68 valence electrons. The van der Waals surface area contributed by atoms with Gasteiger partial charge in [-0.2, -0.15) is 0 Å². The van der Waals surface area contributed by atoms with Gasteiger partial charge in [0.05, 0.1) is 13.2 Å². The third-order valence-electron chi connectivity index (χ3n) is 2.01. The molecule has 0 aromatic rings. The van der Waals surface area contributed by atoms with E-state index in [1.165, 1.54) is 0 Å². The maximum atomic E-state index is 9.43. The summed E-state index contributed by atoms with van der Waals surface area (Å²) in [5.41, 5.74) is -1.28. The van der Waals surface area contributed by atoms with Crippen molar-refractivity contribution in [2.75, 3.05) is 13.2 Å². The van der Waals surface area contributed by atoms with E-state index < -0.39 is 5.60 Å². The van der Waals surface area contributed by atoms with Gasteiger partial charge in [-0.05, 0) is 12.3 Å². The van der Waals surface area contributed by atoms with Gasteiger partial charge in [-0.3, -0.25) is 0 Å². The van der Waals surface area contributed by atoms with Gasteiger partial charge in [-0.25, -0.2) is 0 Å². The van der Waals surface area contributed by atoms with Crippen LogP contribution in [0.4, 0.5) is 0 Å². The summed E-state index contributed by atoms with van der Waals surface area (Å²) >= 11 is 0. The molecule has 11 heavy (non-hydrogen) atoms. The molecule has 0 aromatic heterocycles. The molecular formula is C8H18O3. The highest BCUT2D eigenvalue weighted by atomic mass is 16.4. The summed E-state index contributed by atoms with van der Waals surface area (Å²) in [5.74, 6) is 0.333. The van der Waals surface area contributed by atoms with E-state index in [-0.39, 0.29) is 13.2 Å². The highest BCUT2D eigenvalue weighted by Crippen LogP contribution is 2.18. The topological polar surface area (TPSA) is 60.7 Å². The van der Waals surface area contributed by atoms with Crippen LogP contribution < -0.4 is 0 Å². The highest BCUT2D eigenvalue weighted by molar-refractivity contribution is 4.78. The Labute approximate surface area is 67.7 Å². The van der Waals surface area contributed by atoms with Crippen molar-refractivity contribution in [1.29, 1.82) is 0 Å². The van der Waals surface area contributed by atoms with Gasteiger partial charge < -0.3 is 15.3 Å². The molecule has 0 unspecified atom stereocenters. The average Bonchev–Trinajstić information content (AvgIpc) is 2.04. The van der Waals surface area contributed by atoms with Crippen molar-refractivity contribution in [3.8, 4) is 0 Å². The lowest BCUT2D eigenvalue weighted by Gasteiger charge is -2.25. The summed E-state index contributed by atoms with van der Waals surface area (Å²) in [6, 6.07) is 0. The molecule has 0 spiro atoms. The molecule has 0 heterocycles. The van der Waals surface area contributed by atoms with E-state index in [0.29, 0.717) is 12.3 Å². The molecular weight excluding hydrogens is 144 g/mol. The van der Waals surface area contributed by atoms with Gasteiger partial charge in [0.2, 0.25) is 0 Å². The zero-order valence-corrected chi connectivity index (χ0v) is 7.25. The lowest BCUT2D eigenvalue weighted by Crippen LogP contribution is -2.39. The van der Waals surface area contributed by atoms with E-state index in [1.54, 1.807) is 0 Å². The molecule has 0 aliphatic heterocycles. The minimum atomic E-state index is -1.28. The van der Waals surface area contributed by atoms with Crippen molar-refractivity contribution in [1.82, 2.24) is 0 Å². The molecule has 0 saturated carbocycles. The third kappa shape index (κ3) is 3.70. The van der Waals surface area contributed by atoms with Crippen LogP contribution in [0.1, 0.15) is 26.7 Å². The Morgan fingerprint density at radius 2 is 1.73 bits per heavy atom. The molecule has 3 nitrogen and oxygen atoms in total. The first-order chi connectivity index (χ1) is 5.08.